The molecule has 2 aromatic rings. The van der Waals surface area contributed by atoms with E-state index in [0.717, 1.165) is 16.9 Å². The van der Waals surface area contributed by atoms with Crippen LogP contribution in [0.4, 0.5) is 0 Å². The molecule has 2 N–H and O–H groups in total. The summed E-state index contributed by atoms with van der Waals surface area (Å²) in [5.41, 5.74) is 2.24. The largest absolute Gasteiger partial charge is 0.489 e. The lowest BCUT2D eigenvalue weighted by Gasteiger charge is -2.26. The number of rotatable bonds is 5. The van der Waals surface area contributed by atoms with Gasteiger partial charge in [-0.15, -0.1) is 0 Å². The number of thioether (sulfide) groups is 1. The van der Waals surface area contributed by atoms with Gasteiger partial charge >= 0.3 is 0 Å². The molecular weight excluding hydrogens is 388 g/mol. The number of ether oxygens (including phenoxy) is 3. The fraction of sp³-hybridized carbons (Fsp3) is 0.478. The predicted molar refractivity (Wildman–Crippen MR) is 113 cm³/mol. The first-order valence-electron chi connectivity index (χ1n) is 10.0. The van der Waals surface area contributed by atoms with Crippen LogP contribution in [-0.2, 0) is 22.5 Å². The van der Waals surface area contributed by atoms with Gasteiger partial charge in [-0.1, -0.05) is 42.5 Å². The molecule has 4 rings (SSSR count). The standard InChI is InChI=1S/C23H28O5S/c1-23(2)27-21-18(24)14-29-19(20(25)22(21)28-23)12-15-8-10-17(11-9-15)26-13-16-6-4-3-5-7-16/h3-11,18-22,24-25H,12-14H2,1-2H3/t18-,19+,20-,21-,22-/m0/s1. The minimum atomic E-state index is -0.790. The summed E-state index contributed by atoms with van der Waals surface area (Å²) < 4.78 is 17.6. The van der Waals surface area contributed by atoms with Crippen molar-refractivity contribution >= 4 is 11.8 Å². The Bertz CT molecular complexity index is 795. The molecule has 0 aromatic heterocycles. The van der Waals surface area contributed by atoms with Crippen LogP contribution < -0.4 is 4.74 Å². The van der Waals surface area contributed by atoms with E-state index >= 15 is 0 Å². The third-order valence-electron chi connectivity index (χ3n) is 5.35. The average Bonchev–Trinajstić information content (AvgIpc) is 3.01. The Morgan fingerprint density at radius 2 is 1.66 bits per heavy atom. The molecule has 0 radical (unpaired) electrons. The summed E-state index contributed by atoms with van der Waals surface area (Å²) in [7, 11) is 0. The van der Waals surface area contributed by atoms with E-state index in [1.54, 1.807) is 11.8 Å². The summed E-state index contributed by atoms with van der Waals surface area (Å²) in [6, 6.07) is 18.0. The van der Waals surface area contributed by atoms with Crippen LogP contribution >= 0.6 is 11.8 Å². The molecule has 5 nitrogen and oxygen atoms in total. The molecule has 0 spiro atoms. The molecule has 156 valence electrons. The van der Waals surface area contributed by atoms with Gasteiger partial charge in [-0.3, -0.25) is 0 Å². The van der Waals surface area contributed by atoms with E-state index in [-0.39, 0.29) is 5.25 Å². The van der Waals surface area contributed by atoms with Crippen LogP contribution in [0.2, 0.25) is 0 Å². The molecule has 0 amide bonds. The second-order valence-electron chi connectivity index (χ2n) is 8.12. The van der Waals surface area contributed by atoms with E-state index < -0.39 is 30.2 Å². The lowest BCUT2D eigenvalue weighted by molar-refractivity contribution is -0.160. The topological polar surface area (TPSA) is 68.2 Å². The van der Waals surface area contributed by atoms with Crippen LogP contribution in [0.1, 0.15) is 25.0 Å². The van der Waals surface area contributed by atoms with E-state index in [2.05, 4.69) is 0 Å². The molecule has 0 bridgehead atoms. The molecule has 5 atom stereocenters. The van der Waals surface area contributed by atoms with Crippen molar-refractivity contribution < 1.29 is 24.4 Å². The molecule has 2 heterocycles. The maximum atomic E-state index is 10.9. The second-order valence-corrected chi connectivity index (χ2v) is 9.39. The van der Waals surface area contributed by atoms with Gasteiger partial charge in [0.1, 0.15) is 24.6 Å². The third kappa shape index (κ3) is 4.95. The van der Waals surface area contributed by atoms with Crippen LogP contribution in [-0.4, -0.2) is 51.4 Å². The van der Waals surface area contributed by atoms with Crippen molar-refractivity contribution in [3.63, 3.8) is 0 Å². The number of aliphatic hydroxyl groups excluding tert-OH is 2. The Hall–Kier alpha value is -1.57. The molecule has 2 fully saturated rings. The zero-order valence-electron chi connectivity index (χ0n) is 16.7. The molecule has 0 aliphatic carbocycles. The van der Waals surface area contributed by atoms with Crippen molar-refractivity contribution in [1.82, 2.24) is 0 Å². The number of benzene rings is 2. The Morgan fingerprint density at radius 1 is 0.966 bits per heavy atom. The van der Waals surface area contributed by atoms with Gasteiger partial charge in [-0.25, -0.2) is 0 Å². The van der Waals surface area contributed by atoms with Gasteiger partial charge in [0.05, 0.1) is 12.2 Å². The highest BCUT2D eigenvalue weighted by atomic mass is 32.2. The Kier molecular flexibility index (Phi) is 6.18. The van der Waals surface area contributed by atoms with Crippen molar-refractivity contribution in [1.29, 1.82) is 0 Å². The van der Waals surface area contributed by atoms with E-state index in [9.17, 15) is 10.2 Å². The lowest BCUT2D eigenvalue weighted by Crippen LogP contribution is -2.44. The van der Waals surface area contributed by atoms with Crippen molar-refractivity contribution in [3.8, 4) is 5.75 Å². The fourth-order valence-corrected chi connectivity index (χ4v) is 5.18. The zero-order chi connectivity index (χ0) is 20.4. The highest BCUT2D eigenvalue weighted by molar-refractivity contribution is 8.00. The van der Waals surface area contributed by atoms with Gasteiger partial charge in [-0.05, 0) is 43.5 Å². The van der Waals surface area contributed by atoms with Crippen molar-refractivity contribution in [2.24, 2.45) is 0 Å². The number of hydrogen-bond donors (Lipinski definition) is 2. The van der Waals surface area contributed by atoms with Crippen molar-refractivity contribution in [3.05, 3.63) is 65.7 Å². The summed E-state index contributed by atoms with van der Waals surface area (Å²) in [4.78, 5) is 0. The Balaban J connectivity index is 1.38. The normalized spacial score (nSPS) is 31.1. The number of aliphatic hydroxyl groups is 2. The summed E-state index contributed by atoms with van der Waals surface area (Å²) in [6.45, 7) is 4.17. The molecule has 2 aliphatic rings. The summed E-state index contributed by atoms with van der Waals surface area (Å²) in [5, 5.41) is 21.3. The number of fused-ring (bicyclic) bond motifs is 1. The average molecular weight is 417 g/mol. The monoisotopic (exact) mass is 416 g/mol. The summed E-state index contributed by atoms with van der Waals surface area (Å²) in [6.07, 6.45) is -1.69. The molecule has 6 heteroatoms. The molecule has 0 saturated carbocycles. The van der Waals surface area contributed by atoms with Gasteiger partial charge in [0, 0.05) is 11.0 Å². The third-order valence-corrected chi connectivity index (χ3v) is 6.76. The Labute approximate surface area is 176 Å². The van der Waals surface area contributed by atoms with Crippen LogP contribution in [0, 0.1) is 0 Å². The quantitative estimate of drug-likeness (QED) is 0.780. The predicted octanol–water partition coefficient (Wildman–Crippen LogP) is 3.17. The fourth-order valence-electron chi connectivity index (χ4n) is 3.88. The molecular formula is C23H28O5S. The van der Waals surface area contributed by atoms with Gasteiger partial charge in [0.25, 0.3) is 0 Å². The van der Waals surface area contributed by atoms with Gasteiger partial charge in [0.15, 0.2) is 5.79 Å². The van der Waals surface area contributed by atoms with Gasteiger partial charge in [-0.2, -0.15) is 11.8 Å². The first-order chi connectivity index (χ1) is 13.9. The highest BCUT2D eigenvalue weighted by Crippen LogP contribution is 2.39. The van der Waals surface area contributed by atoms with Gasteiger partial charge in [0.2, 0.25) is 0 Å². The SMILES string of the molecule is CC1(C)O[C@@H]2[C@@H](O1)[C@@H](O)[C@@H](Cc1ccc(OCc3ccccc3)cc1)SC[C@@H]2O. The van der Waals surface area contributed by atoms with Crippen molar-refractivity contribution in [2.45, 2.75) is 62.3 Å². The minimum Gasteiger partial charge on any atom is -0.489 e. The van der Waals surface area contributed by atoms with E-state index in [1.165, 1.54) is 0 Å². The smallest absolute Gasteiger partial charge is 0.164 e. The molecule has 29 heavy (non-hydrogen) atoms. The summed E-state index contributed by atoms with van der Waals surface area (Å²) >= 11 is 1.57. The van der Waals surface area contributed by atoms with E-state index in [1.807, 2.05) is 68.4 Å². The van der Waals surface area contributed by atoms with Crippen LogP contribution in [0.25, 0.3) is 0 Å². The molecule has 2 aromatic carbocycles. The van der Waals surface area contributed by atoms with Crippen LogP contribution in [0.3, 0.4) is 0 Å². The minimum absolute atomic E-state index is 0.0757. The van der Waals surface area contributed by atoms with Crippen LogP contribution in [0.5, 0.6) is 5.75 Å². The molecule has 2 aliphatic heterocycles. The first-order valence-corrected chi connectivity index (χ1v) is 11.1. The number of hydrogen-bond acceptors (Lipinski definition) is 6. The van der Waals surface area contributed by atoms with E-state index in [0.29, 0.717) is 18.8 Å². The first kappa shape index (κ1) is 20.7. The highest BCUT2D eigenvalue weighted by Gasteiger charge is 2.51. The second kappa shape index (κ2) is 8.66. The molecule has 2 saturated heterocycles. The van der Waals surface area contributed by atoms with Crippen molar-refractivity contribution in [2.75, 3.05) is 5.75 Å². The van der Waals surface area contributed by atoms with E-state index in [4.69, 9.17) is 14.2 Å². The maximum Gasteiger partial charge on any atom is 0.164 e. The maximum absolute atomic E-state index is 10.9. The lowest BCUT2D eigenvalue weighted by atomic mass is 9.98. The summed E-state index contributed by atoms with van der Waals surface area (Å²) in [5.74, 6) is 0.541. The zero-order valence-corrected chi connectivity index (χ0v) is 17.5. The Morgan fingerprint density at radius 3 is 2.38 bits per heavy atom. The van der Waals surface area contributed by atoms with Gasteiger partial charge < -0.3 is 24.4 Å². The van der Waals surface area contributed by atoms with Crippen LogP contribution in [0.15, 0.2) is 54.6 Å². The molecule has 0 unspecified atom stereocenters.